The molecule has 0 bridgehead atoms. The van der Waals surface area contributed by atoms with Crippen molar-refractivity contribution in [1.29, 1.82) is 0 Å². The Labute approximate surface area is 80.5 Å². The van der Waals surface area contributed by atoms with Gasteiger partial charge in [0.2, 0.25) is 5.91 Å². The maximum Gasteiger partial charge on any atom is 0.219 e. The van der Waals surface area contributed by atoms with E-state index in [2.05, 4.69) is 19.2 Å². The average molecular weight is 187 g/mol. The van der Waals surface area contributed by atoms with Crippen molar-refractivity contribution in [3.8, 4) is 0 Å². The first-order chi connectivity index (χ1) is 5.83. The summed E-state index contributed by atoms with van der Waals surface area (Å²) < 4.78 is 0. The van der Waals surface area contributed by atoms with Crippen LogP contribution in [0.4, 0.5) is 0 Å². The third-order valence-corrected chi connectivity index (χ3v) is 1.89. The van der Waals surface area contributed by atoms with Crippen molar-refractivity contribution in [1.82, 2.24) is 5.32 Å². The molecule has 0 fully saturated rings. The van der Waals surface area contributed by atoms with Gasteiger partial charge < -0.3 is 10.4 Å². The molecule has 0 rings (SSSR count). The SMILES string of the molecule is CC(=O)NC(C)(O)CCCC(C)C. The molecule has 3 heteroatoms. The van der Waals surface area contributed by atoms with Crippen LogP contribution in [0, 0.1) is 5.92 Å². The Morgan fingerprint density at radius 2 is 2.08 bits per heavy atom. The fourth-order valence-corrected chi connectivity index (χ4v) is 1.30. The van der Waals surface area contributed by atoms with Crippen molar-refractivity contribution < 1.29 is 9.90 Å². The summed E-state index contributed by atoms with van der Waals surface area (Å²) in [6.45, 7) is 7.34. The van der Waals surface area contributed by atoms with Crippen LogP contribution in [0.5, 0.6) is 0 Å². The number of carbonyl (C=O) groups is 1. The van der Waals surface area contributed by atoms with E-state index >= 15 is 0 Å². The summed E-state index contributed by atoms with van der Waals surface area (Å²) in [6, 6.07) is 0. The second-order valence-corrected chi connectivity index (χ2v) is 4.24. The van der Waals surface area contributed by atoms with Gasteiger partial charge in [0, 0.05) is 6.92 Å². The van der Waals surface area contributed by atoms with Crippen LogP contribution in [0.25, 0.3) is 0 Å². The fourth-order valence-electron chi connectivity index (χ4n) is 1.30. The summed E-state index contributed by atoms with van der Waals surface area (Å²) in [6.07, 6.45) is 2.63. The van der Waals surface area contributed by atoms with Crippen LogP contribution in [-0.2, 0) is 4.79 Å². The van der Waals surface area contributed by atoms with Crippen molar-refractivity contribution in [3.63, 3.8) is 0 Å². The molecule has 0 heterocycles. The summed E-state index contributed by atoms with van der Waals surface area (Å²) >= 11 is 0. The monoisotopic (exact) mass is 187 g/mol. The maximum atomic E-state index is 10.7. The zero-order valence-electron chi connectivity index (χ0n) is 9.05. The van der Waals surface area contributed by atoms with Crippen LogP contribution in [0.1, 0.15) is 47.0 Å². The van der Waals surface area contributed by atoms with Gasteiger partial charge >= 0.3 is 0 Å². The van der Waals surface area contributed by atoms with Crippen LogP contribution < -0.4 is 5.32 Å². The van der Waals surface area contributed by atoms with Gasteiger partial charge in [-0.05, 0) is 25.7 Å². The zero-order chi connectivity index (χ0) is 10.5. The predicted octanol–water partition coefficient (Wildman–Crippen LogP) is 1.66. The molecular formula is C10H21NO2. The van der Waals surface area contributed by atoms with Crippen molar-refractivity contribution in [3.05, 3.63) is 0 Å². The normalized spacial score (nSPS) is 15.5. The molecule has 1 atom stereocenters. The van der Waals surface area contributed by atoms with Crippen LogP contribution in [-0.4, -0.2) is 16.7 Å². The quantitative estimate of drug-likeness (QED) is 0.643. The van der Waals surface area contributed by atoms with E-state index in [0.717, 1.165) is 12.8 Å². The molecule has 0 spiro atoms. The predicted molar refractivity (Wildman–Crippen MR) is 53.1 cm³/mol. The highest BCUT2D eigenvalue weighted by Crippen LogP contribution is 2.13. The number of amides is 1. The Bertz CT molecular complexity index is 164. The molecule has 0 radical (unpaired) electrons. The molecule has 0 saturated carbocycles. The van der Waals surface area contributed by atoms with Gasteiger partial charge in [-0.15, -0.1) is 0 Å². The summed E-state index contributed by atoms with van der Waals surface area (Å²) in [5, 5.41) is 12.2. The second-order valence-electron chi connectivity index (χ2n) is 4.24. The van der Waals surface area contributed by atoms with Gasteiger partial charge in [-0.25, -0.2) is 0 Å². The van der Waals surface area contributed by atoms with Crippen LogP contribution >= 0.6 is 0 Å². The summed E-state index contributed by atoms with van der Waals surface area (Å²) in [5.74, 6) is 0.461. The molecule has 0 saturated heterocycles. The summed E-state index contributed by atoms with van der Waals surface area (Å²) in [7, 11) is 0. The minimum Gasteiger partial charge on any atom is -0.371 e. The first-order valence-corrected chi connectivity index (χ1v) is 4.84. The van der Waals surface area contributed by atoms with E-state index in [4.69, 9.17) is 0 Å². The number of carbonyl (C=O) groups excluding carboxylic acids is 1. The lowest BCUT2D eigenvalue weighted by molar-refractivity contribution is -0.126. The van der Waals surface area contributed by atoms with Gasteiger partial charge in [-0.1, -0.05) is 20.3 Å². The highest BCUT2D eigenvalue weighted by Gasteiger charge is 2.20. The topological polar surface area (TPSA) is 49.3 Å². The van der Waals surface area contributed by atoms with Crippen molar-refractivity contribution in [2.24, 2.45) is 5.92 Å². The Morgan fingerprint density at radius 3 is 2.46 bits per heavy atom. The fraction of sp³-hybridized carbons (Fsp3) is 0.900. The number of hydrogen-bond acceptors (Lipinski definition) is 2. The van der Waals surface area contributed by atoms with E-state index in [0.29, 0.717) is 12.3 Å². The number of rotatable bonds is 5. The highest BCUT2D eigenvalue weighted by molar-refractivity contribution is 5.73. The lowest BCUT2D eigenvalue weighted by Gasteiger charge is -2.24. The Hall–Kier alpha value is -0.570. The van der Waals surface area contributed by atoms with Gasteiger partial charge in [-0.3, -0.25) is 4.79 Å². The molecule has 1 amide bonds. The van der Waals surface area contributed by atoms with E-state index in [1.807, 2.05) is 0 Å². The standard InChI is InChI=1S/C10H21NO2/c1-8(2)6-5-7-10(4,13)11-9(3)12/h8,13H,5-7H2,1-4H3,(H,11,12). The smallest absolute Gasteiger partial charge is 0.219 e. The molecule has 0 aliphatic carbocycles. The molecule has 0 aromatic carbocycles. The largest absolute Gasteiger partial charge is 0.371 e. The first kappa shape index (κ1) is 12.4. The molecule has 0 aliphatic rings. The maximum absolute atomic E-state index is 10.7. The van der Waals surface area contributed by atoms with E-state index in [9.17, 15) is 9.90 Å². The van der Waals surface area contributed by atoms with E-state index in [1.165, 1.54) is 6.92 Å². The number of aliphatic hydroxyl groups is 1. The third-order valence-electron chi connectivity index (χ3n) is 1.89. The molecule has 0 aromatic rings. The van der Waals surface area contributed by atoms with Crippen molar-refractivity contribution >= 4 is 5.91 Å². The van der Waals surface area contributed by atoms with Gasteiger partial charge in [0.15, 0.2) is 0 Å². The van der Waals surface area contributed by atoms with E-state index < -0.39 is 5.72 Å². The lowest BCUT2D eigenvalue weighted by atomic mass is 10.0. The zero-order valence-corrected chi connectivity index (χ0v) is 9.05. The second kappa shape index (κ2) is 5.22. The van der Waals surface area contributed by atoms with E-state index in [-0.39, 0.29) is 5.91 Å². The minimum absolute atomic E-state index is 0.186. The molecule has 78 valence electrons. The van der Waals surface area contributed by atoms with Crippen LogP contribution in [0.3, 0.4) is 0 Å². The molecule has 0 aromatic heterocycles. The van der Waals surface area contributed by atoms with Crippen molar-refractivity contribution in [2.45, 2.75) is 52.7 Å². The number of hydrogen-bond donors (Lipinski definition) is 2. The van der Waals surface area contributed by atoms with E-state index in [1.54, 1.807) is 6.92 Å². The van der Waals surface area contributed by atoms with Crippen LogP contribution in [0.15, 0.2) is 0 Å². The minimum atomic E-state index is -1.04. The van der Waals surface area contributed by atoms with Gasteiger partial charge in [0.1, 0.15) is 5.72 Å². The average Bonchev–Trinajstić information content (AvgIpc) is 1.81. The molecule has 13 heavy (non-hydrogen) atoms. The van der Waals surface area contributed by atoms with Crippen molar-refractivity contribution in [2.75, 3.05) is 0 Å². The summed E-state index contributed by atoms with van der Waals surface area (Å²) in [4.78, 5) is 10.7. The molecule has 1 unspecified atom stereocenters. The lowest BCUT2D eigenvalue weighted by Crippen LogP contribution is -2.44. The van der Waals surface area contributed by atoms with Gasteiger partial charge in [0.05, 0.1) is 0 Å². The molecular weight excluding hydrogens is 166 g/mol. The highest BCUT2D eigenvalue weighted by atomic mass is 16.3. The summed E-state index contributed by atoms with van der Waals surface area (Å²) in [5.41, 5.74) is -1.04. The molecule has 2 N–H and O–H groups in total. The van der Waals surface area contributed by atoms with Gasteiger partial charge in [-0.2, -0.15) is 0 Å². The Morgan fingerprint density at radius 1 is 1.54 bits per heavy atom. The molecule has 3 nitrogen and oxygen atoms in total. The van der Waals surface area contributed by atoms with Gasteiger partial charge in [0.25, 0.3) is 0 Å². The van der Waals surface area contributed by atoms with Crippen LogP contribution in [0.2, 0.25) is 0 Å². The Balaban J connectivity index is 3.69. The number of nitrogens with one attached hydrogen (secondary N) is 1. The Kier molecular flexibility index (Phi) is 4.99. The first-order valence-electron chi connectivity index (χ1n) is 4.84. The molecule has 0 aliphatic heterocycles. The third kappa shape index (κ3) is 7.78.